The normalized spacial score (nSPS) is 22.1. The minimum absolute atomic E-state index is 0.131. The summed E-state index contributed by atoms with van der Waals surface area (Å²) in [7, 11) is 0. The third-order valence-corrected chi connectivity index (χ3v) is 15.1. The zero-order valence-electron chi connectivity index (χ0n) is 33.6. The summed E-state index contributed by atoms with van der Waals surface area (Å²) in [4.78, 5) is 10.3. The van der Waals surface area contributed by atoms with Gasteiger partial charge in [0.1, 0.15) is 0 Å². The molecule has 2 nitrogen and oxygen atoms in total. The van der Waals surface area contributed by atoms with Gasteiger partial charge in [0.15, 0.2) is 5.82 Å². The highest BCUT2D eigenvalue weighted by Crippen LogP contribution is 2.70. The molecule has 1 spiro atoms. The molecule has 286 valence electrons. The Morgan fingerprint density at radius 2 is 0.933 bits per heavy atom. The molecular weight excluding hydrogens is 725 g/mol. The summed E-state index contributed by atoms with van der Waals surface area (Å²) >= 11 is 0. The fraction of sp³-hybridized carbons (Fsp3) is 0.172. The van der Waals surface area contributed by atoms with Gasteiger partial charge in [0.25, 0.3) is 0 Å². The highest BCUT2D eigenvalue weighted by Gasteiger charge is 2.61. The van der Waals surface area contributed by atoms with E-state index in [9.17, 15) is 0 Å². The van der Waals surface area contributed by atoms with E-state index >= 15 is 0 Å². The molecule has 60 heavy (non-hydrogen) atoms. The van der Waals surface area contributed by atoms with Crippen LogP contribution in [0.1, 0.15) is 43.2 Å². The summed E-state index contributed by atoms with van der Waals surface area (Å²) in [6.45, 7) is 0. The SMILES string of the molecule is c1ccc(-c2cc(-c3ccc(-c4ccc(-c5cccc6c5-c5cc7ccccc7cc5C65C6CC7CC(C6)CC5C7)cc4)c4ccccc34)nc(-c3ccccc3)n2)cc1. The van der Waals surface area contributed by atoms with Crippen molar-refractivity contribution in [1.29, 1.82) is 0 Å². The smallest absolute Gasteiger partial charge is 0.160 e. The molecule has 4 bridgehead atoms. The van der Waals surface area contributed by atoms with Gasteiger partial charge in [-0.05, 0) is 140 Å². The van der Waals surface area contributed by atoms with E-state index in [2.05, 4.69) is 170 Å². The van der Waals surface area contributed by atoms with E-state index in [1.165, 1.54) is 87.0 Å². The number of benzene rings is 8. The minimum Gasteiger partial charge on any atom is -0.228 e. The van der Waals surface area contributed by atoms with E-state index in [0.29, 0.717) is 0 Å². The molecule has 0 saturated heterocycles. The topological polar surface area (TPSA) is 25.8 Å². The summed E-state index contributed by atoms with van der Waals surface area (Å²) in [6.07, 6.45) is 7.04. The van der Waals surface area contributed by atoms with E-state index in [1.54, 1.807) is 11.1 Å². The standard InChI is InChI=1S/C58H44N2/c1-3-12-40(13-4-1)54-35-55(60-57(59-54)41-14-5-2-6-15-41)50-27-26-46(48-18-9-10-19-49(48)50)38-22-24-39(25-23-38)47-20-11-21-52-56(47)51-33-42-16-7-8-17-43(42)34-53(51)58(52)44-29-36-28-37(31-44)32-45(58)30-36/h1-27,33-37,44-45H,28-32H2. The van der Waals surface area contributed by atoms with Crippen molar-refractivity contribution in [3.05, 3.63) is 193 Å². The van der Waals surface area contributed by atoms with Gasteiger partial charge in [-0.25, -0.2) is 9.97 Å². The first kappa shape index (κ1) is 34.2. The molecule has 5 aliphatic rings. The zero-order valence-corrected chi connectivity index (χ0v) is 33.6. The Morgan fingerprint density at radius 3 is 1.63 bits per heavy atom. The number of nitrogens with zero attached hydrogens (tertiary/aromatic N) is 2. The molecule has 8 aromatic carbocycles. The van der Waals surface area contributed by atoms with Crippen molar-refractivity contribution < 1.29 is 0 Å². The van der Waals surface area contributed by atoms with Crippen LogP contribution < -0.4 is 0 Å². The van der Waals surface area contributed by atoms with Crippen LogP contribution in [0.15, 0.2) is 182 Å². The predicted octanol–water partition coefficient (Wildman–Crippen LogP) is 14.8. The van der Waals surface area contributed by atoms with Gasteiger partial charge in [-0.2, -0.15) is 0 Å². The van der Waals surface area contributed by atoms with Crippen LogP contribution in [0.5, 0.6) is 0 Å². The number of aromatic nitrogens is 2. The van der Waals surface area contributed by atoms with Gasteiger partial charge in [-0.1, -0.05) is 164 Å². The number of hydrogen-bond acceptors (Lipinski definition) is 2. The monoisotopic (exact) mass is 768 g/mol. The first-order chi connectivity index (χ1) is 29.7. The van der Waals surface area contributed by atoms with Crippen molar-refractivity contribution in [2.24, 2.45) is 23.7 Å². The maximum Gasteiger partial charge on any atom is 0.160 e. The maximum absolute atomic E-state index is 5.20. The number of hydrogen-bond donors (Lipinski definition) is 0. The van der Waals surface area contributed by atoms with Crippen LogP contribution in [0.25, 0.3) is 88.8 Å². The van der Waals surface area contributed by atoms with Crippen LogP contribution in [0.3, 0.4) is 0 Å². The number of rotatable bonds is 5. The lowest BCUT2D eigenvalue weighted by Gasteiger charge is -2.61. The molecular formula is C58H44N2. The van der Waals surface area contributed by atoms with Crippen LogP contribution in [0.2, 0.25) is 0 Å². The Morgan fingerprint density at radius 1 is 0.367 bits per heavy atom. The Labute approximate surface area is 351 Å². The fourth-order valence-electron chi connectivity index (χ4n) is 12.8. The van der Waals surface area contributed by atoms with Crippen LogP contribution in [0, 0.1) is 23.7 Å². The highest BCUT2D eigenvalue weighted by molar-refractivity contribution is 6.05. The van der Waals surface area contributed by atoms with E-state index < -0.39 is 0 Å². The van der Waals surface area contributed by atoms with Gasteiger partial charge in [0.05, 0.1) is 11.4 Å². The van der Waals surface area contributed by atoms with Crippen LogP contribution in [-0.4, -0.2) is 9.97 Å². The van der Waals surface area contributed by atoms with Crippen LogP contribution >= 0.6 is 0 Å². The molecule has 0 atom stereocenters. The molecule has 0 unspecified atom stereocenters. The quantitative estimate of drug-likeness (QED) is 0.174. The van der Waals surface area contributed by atoms with Crippen molar-refractivity contribution >= 4 is 21.5 Å². The van der Waals surface area contributed by atoms with Gasteiger partial charge >= 0.3 is 0 Å². The lowest BCUT2D eigenvalue weighted by atomic mass is 9.43. The second-order valence-electron chi connectivity index (χ2n) is 18.1. The van der Waals surface area contributed by atoms with E-state index in [-0.39, 0.29) is 5.41 Å². The van der Waals surface area contributed by atoms with Gasteiger partial charge in [-0.3, -0.25) is 0 Å². The lowest BCUT2D eigenvalue weighted by Crippen LogP contribution is -2.55. The molecule has 4 saturated carbocycles. The summed E-state index contributed by atoms with van der Waals surface area (Å²) in [5.41, 5.74) is 16.5. The molecule has 1 aromatic heterocycles. The van der Waals surface area contributed by atoms with Crippen LogP contribution in [-0.2, 0) is 5.41 Å². The van der Waals surface area contributed by atoms with Crippen molar-refractivity contribution in [2.45, 2.75) is 37.5 Å². The largest absolute Gasteiger partial charge is 0.228 e. The summed E-state index contributed by atoms with van der Waals surface area (Å²) < 4.78 is 0. The van der Waals surface area contributed by atoms with Gasteiger partial charge < -0.3 is 0 Å². The fourth-order valence-corrected chi connectivity index (χ4v) is 12.8. The molecule has 0 N–H and O–H groups in total. The first-order valence-electron chi connectivity index (χ1n) is 22.0. The third kappa shape index (κ3) is 5.07. The molecule has 14 rings (SSSR count). The molecule has 4 fully saturated rings. The number of fused-ring (bicyclic) bond motifs is 5. The lowest BCUT2D eigenvalue weighted by molar-refractivity contribution is -0.0398. The Bertz CT molecular complexity index is 3060. The van der Waals surface area contributed by atoms with Crippen molar-refractivity contribution in [1.82, 2.24) is 9.97 Å². The summed E-state index contributed by atoms with van der Waals surface area (Å²) in [5, 5.41) is 5.13. The first-order valence-corrected chi connectivity index (χ1v) is 22.0. The average molecular weight is 769 g/mol. The summed E-state index contributed by atoms with van der Waals surface area (Å²) in [5.74, 6) is 4.05. The predicted molar refractivity (Wildman–Crippen MR) is 247 cm³/mol. The molecule has 0 amide bonds. The van der Waals surface area contributed by atoms with Gasteiger partial charge in [-0.15, -0.1) is 0 Å². The second kappa shape index (κ2) is 13.2. The Balaban J connectivity index is 0.926. The second-order valence-corrected chi connectivity index (χ2v) is 18.1. The molecule has 9 aromatic rings. The van der Waals surface area contributed by atoms with Gasteiger partial charge in [0.2, 0.25) is 0 Å². The molecule has 2 heteroatoms. The molecule has 0 aliphatic heterocycles. The maximum atomic E-state index is 5.20. The minimum atomic E-state index is 0.131. The van der Waals surface area contributed by atoms with Crippen molar-refractivity contribution in [3.8, 4) is 67.3 Å². The Kier molecular flexibility index (Phi) is 7.52. The molecule has 5 aliphatic carbocycles. The van der Waals surface area contributed by atoms with Crippen LogP contribution in [0.4, 0.5) is 0 Å². The highest BCUT2D eigenvalue weighted by atomic mass is 14.9. The zero-order chi connectivity index (χ0) is 39.4. The van der Waals surface area contributed by atoms with E-state index in [4.69, 9.17) is 9.97 Å². The van der Waals surface area contributed by atoms with E-state index in [1.807, 2.05) is 12.1 Å². The molecule has 0 radical (unpaired) electrons. The van der Waals surface area contributed by atoms with E-state index in [0.717, 1.165) is 57.6 Å². The molecule has 1 heterocycles. The average Bonchev–Trinajstić information content (AvgIpc) is 3.59. The van der Waals surface area contributed by atoms with Crippen molar-refractivity contribution in [3.63, 3.8) is 0 Å². The van der Waals surface area contributed by atoms with Crippen molar-refractivity contribution in [2.75, 3.05) is 0 Å². The van der Waals surface area contributed by atoms with Gasteiger partial charge in [0, 0.05) is 22.1 Å². The Hall–Kier alpha value is -6.64. The summed E-state index contributed by atoms with van der Waals surface area (Å²) in [6, 6.07) is 67.1. The third-order valence-electron chi connectivity index (χ3n) is 15.1.